The van der Waals surface area contributed by atoms with Crippen LogP contribution < -0.4 is 0 Å². The van der Waals surface area contributed by atoms with Crippen LogP contribution in [0.4, 0.5) is 8.78 Å². The summed E-state index contributed by atoms with van der Waals surface area (Å²) in [6.45, 7) is 0. The van der Waals surface area contributed by atoms with Gasteiger partial charge in [0.05, 0.1) is 0 Å². The van der Waals surface area contributed by atoms with Gasteiger partial charge in [-0.25, -0.2) is 13.8 Å². The van der Waals surface area contributed by atoms with Gasteiger partial charge in [-0.05, 0) is 23.8 Å². The molecule has 0 saturated carbocycles. The van der Waals surface area contributed by atoms with E-state index in [0.29, 0.717) is 18.0 Å². The Bertz CT molecular complexity index is 722. The molecule has 4 heteroatoms. The van der Waals surface area contributed by atoms with Crippen molar-refractivity contribution in [3.05, 3.63) is 77.9 Å². The minimum absolute atomic E-state index is 0.105. The predicted molar refractivity (Wildman–Crippen MR) is 71.1 cm³/mol. The lowest BCUT2D eigenvalue weighted by atomic mass is 10.1. The summed E-state index contributed by atoms with van der Waals surface area (Å²) in [5.41, 5.74) is 1.45. The van der Waals surface area contributed by atoms with E-state index in [4.69, 9.17) is 4.42 Å². The van der Waals surface area contributed by atoms with E-state index in [1.165, 1.54) is 6.26 Å². The SMILES string of the molecule is Fc1ccc(F)c(-c2coc(Cc3ccccc3)n2)c1. The average molecular weight is 271 g/mol. The Morgan fingerprint density at radius 1 is 1.00 bits per heavy atom. The largest absolute Gasteiger partial charge is 0.448 e. The highest BCUT2D eigenvalue weighted by Gasteiger charge is 2.12. The molecule has 0 unspecified atom stereocenters. The van der Waals surface area contributed by atoms with Crippen molar-refractivity contribution in [2.45, 2.75) is 6.42 Å². The molecule has 0 fully saturated rings. The van der Waals surface area contributed by atoms with E-state index < -0.39 is 11.6 Å². The molecule has 0 aliphatic heterocycles. The number of aromatic nitrogens is 1. The van der Waals surface area contributed by atoms with E-state index in [9.17, 15) is 8.78 Å². The lowest BCUT2D eigenvalue weighted by Crippen LogP contribution is -1.90. The monoisotopic (exact) mass is 271 g/mol. The van der Waals surface area contributed by atoms with Gasteiger partial charge in [0.1, 0.15) is 23.6 Å². The van der Waals surface area contributed by atoms with Gasteiger partial charge in [0.15, 0.2) is 5.89 Å². The van der Waals surface area contributed by atoms with E-state index >= 15 is 0 Å². The molecule has 100 valence electrons. The van der Waals surface area contributed by atoms with Gasteiger partial charge in [-0.1, -0.05) is 30.3 Å². The molecule has 1 heterocycles. The molecule has 0 bridgehead atoms. The van der Waals surface area contributed by atoms with E-state index in [1.54, 1.807) is 0 Å². The number of nitrogens with zero attached hydrogens (tertiary/aromatic N) is 1. The molecule has 0 spiro atoms. The van der Waals surface area contributed by atoms with Crippen LogP contribution in [0.5, 0.6) is 0 Å². The van der Waals surface area contributed by atoms with Crippen LogP contribution in [-0.4, -0.2) is 4.98 Å². The molecule has 0 radical (unpaired) electrons. The van der Waals surface area contributed by atoms with Gasteiger partial charge in [-0.3, -0.25) is 0 Å². The van der Waals surface area contributed by atoms with E-state index in [2.05, 4.69) is 4.98 Å². The lowest BCUT2D eigenvalue weighted by molar-refractivity contribution is 0.507. The van der Waals surface area contributed by atoms with Crippen molar-refractivity contribution < 1.29 is 13.2 Å². The Labute approximate surface area is 114 Å². The molecule has 2 aromatic carbocycles. The average Bonchev–Trinajstić information content (AvgIpc) is 2.91. The first-order valence-electron chi connectivity index (χ1n) is 6.16. The molecular formula is C16H11F2NO. The maximum absolute atomic E-state index is 13.6. The molecule has 0 N–H and O–H groups in total. The van der Waals surface area contributed by atoms with Crippen LogP contribution in [0.3, 0.4) is 0 Å². The molecule has 20 heavy (non-hydrogen) atoms. The Balaban J connectivity index is 1.88. The number of oxazole rings is 1. The van der Waals surface area contributed by atoms with Gasteiger partial charge in [-0.15, -0.1) is 0 Å². The summed E-state index contributed by atoms with van der Waals surface area (Å²) in [4.78, 5) is 4.20. The summed E-state index contributed by atoms with van der Waals surface area (Å²) in [7, 11) is 0. The molecule has 0 aliphatic rings. The smallest absolute Gasteiger partial charge is 0.198 e. The molecular weight excluding hydrogens is 260 g/mol. The van der Waals surface area contributed by atoms with Crippen LogP contribution in [0.25, 0.3) is 11.3 Å². The first-order valence-corrected chi connectivity index (χ1v) is 6.16. The minimum atomic E-state index is -0.522. The van der Waals surface area contributed by atoms with E-state index in [-0.39, 0.29) is 5.56 Å². The maximum Gasteiger partial charge on any atom is 0.198 e. The van der Waals surface area contributed by atoms with Crippen LogP contribution in [0.1, 0.15) is 11.5 Å². The zero-order chi connectivity index (χ0) is 13.9. The van der Waals surface area contributed by atoms with Gasteiger partial charge in [0.25, 0.3) is 0 Å². The lowest BCUT2D eigenvalue weighted by Gasteiger charge is -1.98. The number of halogens is 2. The maximum atomic E-state index is 13.6. The summed E-state index contributed by atoms with van der Waals surface area (Å²) in [6.07, 6.45) is 1.86. The zero-order valence-electron chi connectivity index (χ0n) is 10.5. The van der Waals surface area contributed by atoms with Crippen LogP contribution in [0.15, 0.2) is 59.2 Å². The van der Waals surface area contributed by atoms with Crippen LogP contribution >= 0.6 is 0 Å². The number of hydrogen-bond donors (Lipinski definition) is 0. The minimum Gasteiger partial charge on any atom is -0.448 e. The fourth-order valence-electron chi connectivity index (χ4n) is 1.98. The van der Waals surface area contributed by atoms with Gasteiger partial charge < -0.3 is 4.42 Å². The van der Waals surface area contributed by atoms with Gasteiger partial charge in [0.2, 0.25) is 0 Å². The summed E-state index contributed by atoms with van der Waals surface area (Å²) >= 11 is 0. The fraction of sp³-hybridized carbons (Fsp3) is 0.0625. The third-order valence-corrected chi connectivity index (χ3v) is 2.95. The first-order chi connectivity index (χ1) is 9.72. The van der Waals surface area contributed by atoms with Crippen molar-refractivity contribution in [2.24, 2.45) is 0 Å². The van der Waals surface area contributed by atoms with Crippen molar-refractivity contribution >= 4 is 0 Å². The van der Waals surface area contributed by atoms with Crippen LogP contribution in [-0.2, 0) is 6.42 Å². The Morgan fingerprint density at radius 3 is 2.60 bits per heavy atom. The highest BCUT2D eigenvalue weighted by Crippen LogP contribution is 2.23. The van der Waals surface area contributed by atoms with Crippen LogP contribution in [0.2, 0.25) is 0 Å². The summed E-state index contributed by atoms with van der Waals surface area (Å²) in [5, 5.41) is 0. The van der Waals surface area contributed by atoms with Crippen molar-refractivity contribution in [3.63, 3.8) is 0 Å². The predicted octanol–water partition coefficient (Wildman–Crippen LogP) is 4.21. The van der Waals surface area contributed by atoms with Gasteiger partial charge >= 0.3 is 0 Å². The van der Waals surface area contributed by atoms with E-state index in [0.717, 1.165) is 23.8 Å². The second-order valence-corrected chi connectivity index (χ2v) is 4.41. The first kappa shape index (κ1) is 12.5. The second kappa shape index (κ2) is 5.25. The fourth-order valence-corrected chi connectivity index (χ4v) is 1.98. The third kappa shape index (κ3) is 2.59. The second-order valence-electron chi connectivity index (χ2n) is 4.41. The Hall–Kier alpha value is -2.49. The molecule has 0 amide bonds. The molecule has 3 rings (SSSR count). The van der Waals surface area contributed by atoms with E-state index in [1.807, 2.05) is 30.3 Å². The molecule has 0 atom stereocenters. The highest BCUT2D eigenvalue weighted by atomic mass is 19.1. The van der Waals surface area contributed by atoms with Crippen molar-refractivity contribution in [2.75, 3.05) is 0 Å². The topological polar surface area (TPSA) is 26.0 Å². The quantitative estimate of drug-likeness (QED) is 0.713. The highest BCUT2D eigenvalue weighted by molar-refractivity contribution is 5.58. The molecule has 0 aliphatic carbocycles. The van der Waals surface area contributed by atoms with Crippen molar-refractivity contribution in [1.29, 1.82) is 0 Å². The van der Waals surface area contributed by atoms with Crippen molar-refractivity contribution in [1.82, 2.24) is 4.98 Å². The Kier molecular flexibility index (Phi) is 3.29. The molecule has 1 aromatic heterocycles. The Morgan fingerprint density at radius 2 is 1.80 bits per heavy atom. The standard InChI is InChI=1S/C16H11F2NO/c17-12-6-7-14(18)13(9-12)15-10-20-16(19-15)8-11-4-2-1-3-5-11/h1-7,9-10H,8H2. The van der Waals surface area contributed by atoms with Gasteiger partial charge in [-0.2, -0.15) is 0 Å². The summed E-state index contributed by atoms with van der Waals surface area (Å²) in [6, 6.07) is 12.9. The molecule has 2 nitrogen and oxygen atoms in total. The van der Waals surface area contributed by atoms with Crippen molar-refractivity contribution in [3.8, 4) is 11.3 Å². The van der Waals surface area contributed by atoms with Gasteiger partial charge in [0, 0.05) is 12.0 Å². The summed E-state index contributed by atoms with van der Waals surface area (Å²) < 4.78 is 32.1. The number of benzene rings is 2. The van der Waals surface area contributed by atoms with Crippen LogP contribution in [0, 0.1) is 11.6 Å². The molecule has 0 saturated heterocycles. The summed E-state index contributed by atoms with van der Waals surface area (Å²) in [5.74, 6) is -0.560. The molecule has 3 aromatic rings. The third-order valence-electron chi connectivity index (χ3n) is 2.95. The normalized spacial score (nSPS) is 10.7. The number of rotatable bonds is 3. The zero-order valence-corrected chi connectivity index (χ0v) is 10.5. The number of hydrogen-bond acceptors (Lipinski definition) is 2.